The number of alkyl carbamates (subject to hydrolysis) is 1. The van der Waals surface area contributed by atoms with E-state index in [9.17, 15) is 14.4 Å². The third kappa shape index (κ3) is 6.41. The Labute approximate surface area is 207 Å². The first-order chi connectivity index (χ1) is 16.7. The van der Waals surface area contributed by atoms with E-state index in [1.807, 2.05) is 52.0 Å². The van der Waals surface area contributed by atoms with Crippen LogP contribution >= 0.6 is 0 Å². The molecule has 0 saturated carbocycles. The quantitative estimate of drug-likeness (QED) is 0.483. The molecule has 0 spiro atoms. The summed E-state index contributed by atoms with van der Waals surface area (Å²) in [5.74, 6) is -1.02. The van der Waals surface area contributed by atoms with E-state index in [0.29, 0.717) is 6.42 Å². The van der Waals surface area contributed by atoms with Gasteiger partial charge in [0.15, 0.2) is 0 Å². The number of hydrogen-bond acceptors (Lipinski definition) is 5. The first-order valence-electron chi connectivity index (χ1n) is 12.3. The molecule has 2 atom stereocenters. The van der Waals surface area contributed by atoms with Crippen LogP contribution in [0, 0.1) is 11.8 Å². The molecule has 0 saturated heterocycles. The van der Waals surface area contributed by atoms with Gasteiger partial charge in [-0.25, -0.2) is 9.59 Å². The van der Waals surface area contributed by atoms with E-state index < -0.39 is 30.1 Å². The van der Waals surface area contributed by atoms with Crippen molar-refractivity contribution in [3.8, 4) is 11.1 Å². The Hall–Kier alpha value is -3.35. The molecule has 35 heavy (non-hydrogen) atoms. The van der Waals surface area contributed by atoms with Crippen LogP contribution in [-0.4, -0.2) is 43.3 Å². The van der Waals surface area contributed by atoms with Gasteiger partial charge in [0.2, 0.25) is 5.91 Å². The summed E-state index contributed by atoms with van der Waals surface area (Å²) in [6.45, 7) is 9.70. The smallest absolute Gasteiger partial charge is 0.407 e. The Morgan fingerprint density at radius 3 is 1.94 bits per heavy atom. The zero-order valence-electron chi connectivity index (χ0n) is 21.2. The highest BCUT2D eigenvalue weighted by atomic mass is 16.5. The summed E-state index contributed by atoms with van der Waals surface area (Å²) < 4.78 is 10.7. The molecule has 3 rings (SSSR count). The molecular weight excluding hydrogens is 444 g/mol. The van der Waals surface area contributed by atoms with E-state index in [1.54, 1.807) is 6.92 Å². The lowest BCUT2D eigenvalue weighted by atomic mass is 9.98. The number of carbonyl (C=O) groups excluding carboxylic acids is 3. The Kier molecular flexibility index (Phi) is 8.90. The number of esters is 1. The van der Waals surface area contributed by atoms with Gasteiger partial charge in [-0.05, 0) is 47.4 Å². The summed E-state index contributed by atoms with van der Waals surface area (Å²) in [6, 6.07) is 14.6. The maximum atomic E-state index is 13.0. The molecular formula is C28H36N2O5. The highest BCUT2D eigenvalue weighted by molar-refractivity contribution is 5.90. The highest BCUT2D eigenvalue weighted by Gasteiger charge is 2.32. The van der Waals surface area contributed by atoms with Gasteiger partial charge < -0.3 is 20.1 Å². The monoisotopic (exact) mass is 480 g/mol. The summed E-state index contributed by atoms with van der Waals surface area (Å²) in [7, 11) is 0. The molecule has 188 valence electrons. The number of fused-ring (bicyclic) bond motifs is 3. The normalized spacial score (nSPS) is 14.1. The average Bonchev–Trinajstić information content (AvgIpc) is 3.14. The van der Waals surface area contributed by atoms with Crippen LogP contribution in [0.2, 0.25) is 0 Å². The molecule has 0 aromatic heterocycles. The topological polar surface area (TPSA) is 93.7 Å². The van der Waals surface area contributed by atoms with E-state index in [2.05, 4.69) is 34.9 Å². The standard InChI is InChI=1S/C28H36N2O5/c1-6-34-27(32)24(15-17(2)3)29-26(31)25(18(4)5)30-28(33)35-16-23-21-13-9-7-11-19(21)20-12-8-10-14-22(20)23/h7-14,17-18,23-25H,6,15-16H2,1-5H3,(H,29,31)(H,30,33)/t24-,25+/m1/s1. The van der Waals surface area contributed by atoms with Gasteiger partial charge in [0, 0.05) is 5.92 Å². The van der Waals surface area contributed by atoms with Crippen molar-refractivity contribution in [3.63, 3.8) is 0 Å². The zero-order chi connectivity index (χ0) is 25.5. The van der Waals surface area contributed by atoms with Crippen molar-refractivity contribution >= 4 is 18.0 Å². The third-order valence-corrected chi connectivity index (χ3v) is 6.16. The maximum Gasteiger partial charge on any atom is 0.407 e. The molecule has 1 aliphatic carbocycles. The molecule has 0 heterocycles. The van der Waals surface area contributed by atoms with E-state index in [4.69, 9.17) is 9.47 Å². The van der Waals surface area contributed by atoms with Crippen molar-refractivity contribution in [2.75, 3.05) is 13.2 Å². The van der Waals surface area contributed by atoms with Crippen LogP contribution in [0.25, 0.3) is 11.1 Å². The molecule has 0 fully saturated rings. The molecule has 7 heteroatoms. The molecule has 1 aliphatic rings. The fourth-order valence-electron chi connectivity index (χ4n) is 4.49. The first kappa shape index (κ1) is 26.3. The van der Waals surface area contributed by atoms with Gasteiger partial charge in [-0.1, -0.05) is 76.2 Å². The predicted octanol–water partition coefficient (Wildman–Crippen LogP) is 4.64. The van der Waals surface area contributed by atoms with E-state index in [-0.39, 0.29) is 31.0 Å². The molecule has 2 amide bonds. The Morgan fingerprint density at radius 2 is 1.43 bits per heavy atom. The van der Waals surface area contributed by atoms with Crippen LogP contribution in [0.15, 0.2) is 48.5 Å². The summed E-state index contributed by atoms with van der Waals surface area (Å²) >= 11 is 0. The van der Waals surface area contributed by atoms with Gasteiger partial charge in [0.1, 0.15) is 18.7 Å². The Morgan fingerprint density at radius 1 is 0.857 bits per heavy atom. The number of carbonyl (C=O) groups is 3. The molecule has 0 unspecified atom stereocenters. The highest BCUT2D eigenvalue weighted by Crippen LogP contribution is 2.44. The SMILES string of the molecule is CCOC(=O)[C@@H](CC(C)C)NC(=O)[C@@H](NC(=O)OCC1c2ccccc2-c2ccccc21)C(C)C. The van der Waals surface area contributed by atoms with Crippen LogP contribution in [0.1, 0.15) is 58.1 Å². The Bertz CT molecular complexity index is 1000. The van der Waals surface area contributed by atoms with Gasteiger partial charge in [-0.3, -0.25) is 4.79 Å². The molecule has 0 radical (unpaired) electrons. The first-order valence-corrected chi connectivity index (χ1v) is 12.3. The fourth-order valence-corrected chi connectivity index (χ4v) is 4.49. The summed E-state index contributed by atoms with van der Waals surface area (Å²) in [5, 5.41) is 5.45. The van der Waals surface area contributed by atoms with Crippen molar-refractivity contribution in [1.29, 1.82) is 0 Å². The number of rotatable bonds is 10. The van der Waals surface area contributed by atoms with Crippen LogP contribution < -0.4 is 10.6 Å². The molecule has 2 aromatic rings. The third-order valence-electron chi connectivity index (χ3n) is 6.16. The number of nitrogens with one attached hydrogen (secondary N) is 2. The van der Waals surface area contributed by atoms with Crippen molar-refractivity contribution in [1.82, 2.24) is 10.6 Å². The molecule has 0 aliphatic heterocycles. The van der Waals surface area contributed by atoms with Gasteiger partial charge in [-0.2, -0.15) is 0 Å². The number of ether oxygens (including phenoxy) is 2. The Balaban J connectivity index is 1.65. The lowest BCUT2D eigenvalue weighted by Crippen LogP contribution is -2.54. The minimum Gasteiger partial charge on any atom is -0.464 e. The summed E-state index contributed by atoms with van der Waals surface area (Å²) in [4.78, 5) is 38.1. The van der Waals surface area contributed by atoms with Crippen LogP contribution in [-0.2, 0) is 19.1 Å². The van der Waals surface area contributed by atoms with Crippen LogP contribution in [0.3, 0.4) is 0 Å². The summed E-state index contributed by atoms with van der Waals surface area (Å²) in [5.41, 5.74) is 4.52. The van der Waals surface area contributed by atoms with Crippen molar-refractivity contribution in [2.45, 2.75) is 59.0 Å². The van der Waals surface area contributed by atoms with Gasteiger partial charge in [0.05, 0.1) is 6.61 Å². The van der Waals surface area contributed by atoms with Crippen molar-refractivity contribution in [3.05, 3.63) is 59.7 Å². The maximum absolute atomic E-state index is 13.0. The van der Waals surface area contributed by atoms with Crippen molar-refractivity contribution in [2.24, 2.45) is 11.8 Å². The lowest BCUT2D eigenvalue weighted by molar-refractivity contribution is -0.148. The zero-order valence-corrected chi connectivity index (χ0v) is 21.2. The number of amides is 2. The van der Waals surface area contributed by atoms with E-state index >= 15 is 0 Å². The van der Waals surface area contributed by atoms with Gasteiger partial charge in [-0.15, -0.1) is 0 Å². The fraction of sp³-hybridized carbons (Fsp3) is 0.464. The van der Waals surface area contributed by atoms with Gasteiger partial charge in [0.25, 0.3) is 0 Å². The van der Waals surface area contributed by atoms with E-state index in [1.165, 1.54) is 0 Å². The molecule has 7 nitrogen and oxygen atoms in total. The second kappa shape index (κ2) is 11.9. The number of hydrogen-bond donors (Lipinski definition) is 2. The van der Waals surface area contributed by atoms with Crippen LogP contribution in [0.4, 0.5) is 4.79 Å². The predicted molar refractivity (Wildman–Crippen MR) is 135 cm³/mol. The lowest BCUT2D eigenvalue weighted by Gasteiger charge is -2.25. The molecule has 2 aromatic carbocycles. The largest absolute Gasteiger partial charge is 0.464 e. The molecule has 0 bridgehead atoms. The van der Waals surface area contributed by atoms with Gasteiger partial charge >= 0.3 is 12.1 Å². The second-order valence-corrected chi connectivity index (χ2v) is 9.63. The number of benzene rings is 2. The molecule has 2 N–H and O–H groups in total. The minimum absolute atomic E-state index is 0.0706. The summed E-state index contributed by atoms with van der Waals surface area (Å²) in [6.07, 6.45) is -0.224. The second-order valence-electron chi connectivity index (χ2n) is 9.63. The minimum atomic E-state index is -0.852. The van der Waals surface area contributed by atoms with E-state index in [0.717, 1.165) is 22.3 Å². The van der Waals surface area contributed by atoms with Crippen LogP contribution in [0.5, 0.6) is 0 Å². The average molecular weight is 481 g/mol. The van der Waals surface area contributed by atoms with Crippen molar-refractivity contribution < 1.29 is 23.9 Å².